The van der Waals surface area contributed by atoms with Crippen molar-refractivity contribution in [2.24, 2.45) is 0 Å². The summed E-state index contributed by atoms with van der Waals surface area (Å²) in [4.78, 5) is 27.4. The lowest BCUT2D eigenvalue weighted by atomic mass is 10.1. The third-order valence-electron chi connectivity index (χ3n) is 5.89. The number of carbonyl (C=O) groups is 2. The van der Waals surface area contributed by atoms with Crippen molar-refractivity contribution < 1.29 is 32.2 Å². The SMILES string of the molecule is CCC1Oc2ccc(NC(=O)c3ccccc3OC)cc2CN(Cc2cccc(C(F)(F)F)c2)C1=O. The molecule has 1 aliphatic rings. The monoisotopic (exact) mass is 498 g/mol. The van der Waals surface area contributed by atoms with Crippen LogP contribution in [0.15, 0.2) is 66.7 Å². The molecule has 9 heteroatoms. The van der Waals surface area contributed by atoms with Crippen LogP contribution in [0.3, 0.4) is 0 Å². The molecule has 1 unspecified atom stereocenters. The number of carbonyl (C=O) groups excluding carboxylic acids is 2. The van der Waals surface area contributed by atoms with E-state index in [0.717, 1.165) is 12.1 Å². The standard InChI is InChI=1S/C27H25F3N2O4/c1-3-22-26(34)32(15-17-7-6-8-19(13-17)27(28,29)30)16-18-14-20(11-12-23(18)36-22)31-25(33)21-9-4-5-10-24(21)35-2/h4-14,22H,3,15-16H2,1-2H3,(H,31,33). The van der Waals surface area contributed by atoms with Gasteiger partial charge in [0.05, 0.1) is 18.2 Å². The lowest BCUT2D eigenvalue weighted by molar-refractivity contribution is -0.139. The second-order valence-corrected chi connectivity index (χ2v) is 8.38. The highest BCUT2D eigenvalue weighted by Crippen LogP contribution is 2.32. The summed E-state index contributed by atoms with van der Waals surface area (Å²) in [6.07, 6.45) is -4.86. The van der Waals surface area contributed by atoms with Gasteiger partial charge in [-0.05, 0) is 54.4 Å². The van der Waals surface area contributed by atoms with Crippen LogP contribution in [0.25, 0.3) is 0 Å². The number of hydrogen-bond donors (Lipinski definition) is 1. The van der Waals surface area contributed by atoms with Gasteiger partial charge in [0.2, 0.25) is 0 Å². The Morgan fingerprint density at radius 3 is 2.61 bits per heavy atom. The average Bonchev–Trinajstić information content (AvgIpc) is 2.99. The summed E-state index contributed by atoms with van der Waals surface area (Å²) in [7, 11) is 1.48. The average molecular weight is 499 g/mol. The molecule has 1 aliphatic heterocycles. The maximum absolute atomic E-state index is 13.2. The molecule has 1 atom stereocenters. The van der Waals surface area contributed by atoms with Crippen LogP contribution in [-0.4, -0.2) is 29.9 Å². The van der Waals surface area contributed by atoms with Crippen LogP contribution in [0.2, 0.25) is 0 Å². The van der Waals surface area contributed by atoms with Gasteiger partial charge in [-0.2, -0.15) is 13.2 Å². The highest BCUT2D eigenvalue weighted by Gasteiger charge is 2.32. The molecule has 0 aromatic heterocycles. The molecule has 0 saturated carbocycles. The van der Waals surface area contributed by atoms with Crippen molar-refractivity contribution in [1.29, 1.82) is 0 Å². The Hall–Kier alpha value is -4.01. The molecular weight excluding hydrogens is 473 g/mol. The summed E-state index contributed by atoms with van der Waals surface area (Å²) in [5.41, 5.74) is 1.06. The van der Waals surface area contributed by atoms with Gasteiger partial charge in [0.15, 0.2) is 6.10 Å². The van der Waals surface area contributed by atoms with Crippen LogP contribution in [0.5, 0.6) is 11.5 Å². The Bertz CT molecular complexity index is 1280. The van der Waals surface area contributed by atoms with Crippen LogP contribution in [0.1, 0.15) is 40.4 Å². The highest BCUT2D eigenvalue weighted by molar-refractivity contribution is 6.06. The number of alkyl halides is 3. The zero-order valence-corrected chi connectivity index (χ0v) is 19.8. The van der Waals surface area contributed by atoms with Crippen LogP contribution < -0.4 is 14.8 Å². The van der Waals surface area contributed by atoms with Crippen molar-refractivity contribution in [1.82, 2.24) is 4.90 Å². The molecule has 2 amide bonds. The fraction of sp³-hybridized carbons (Fsp3) is 0.259. The van der Waals surface area contributed by atoms with E-state index in [2.05, 4.69) is 5.32 Å². The van der Waals surface area contributed by atoms with E-state index in [4.69, 9.17) is 9.47 Å². The first-order chi connectivity index (χ1) is 17.2. The molecule has 4 rings (SSSR count). The molecule has 1 N–H and O–H groups in total. The maximum Gasteiger partial charge on any atom is 0.416 e. The molecule has 3 aromatic rings. The highest BCUT2D eigenvalue weighted by atomic mass is 19.4. The third kappa shape index (κ3) is 5.45. The normalized spacial score (nSPS) is 15.5. The van der Waals surface area contributed by atoms with E-state index in [0.29, 0.717) is 40.3 Å². The molecule has 1 heterocycles. The number of nitrogens with one attached hydrogen (secondary N) is 1. The third-order valence-corrected chi connectivity index (χ3v) is 5.89. The number of amides is 2. The Morgan fingerprint density at radius 1 is 1.11 bits per heavy atom. The molecule has 0 bridgehead atoms. The van der Waals surface area contributed by atoms with Gasteiger partial charge in [-0.15, -0.1) is 0 Å². The van der Waals surface area contributed by atoms with Crippen molar-refractivity contribution in [2.75, 3.05) is 12.4 Å². The molecular formula is C27H25F3N2O4. The van der Waals surface area contributed by atoms with Gasteiger partial charge in [-0.25, -0.2) is 0 Å². The number of anilines is 1. The molecule has 0 aliphatic carbocycles. The molecule has 0 radical (unpaired) electrons. The summed E-state index contributed by atoms with van der Waals surface area (Å²) in [6, 6.07) is 16.8. The van der Waals surface area contributed by atoms with Crippen molar-refractivity contribution in [3.63, 3.8) is 0 Å². The van der Waals surface area contributed by atoms with Gasteiger partial charge in [-0.3, -0.25) is 9.59 Å². The Balaban J connectivity index is 1.60. The molecule has 6 nitrogen and oxygen atoms in total. The minimum absolute atomic E-state index is 0.0140. The van der Waals surface area contributed by atoms with E-state index in [1.807, 2.05) is 0 Å². The number of fused-ring (bicyclic) bond motifs is 1. The Morgan fingerprint density at radius 2 is 1.89 bits per heavy atom. The minimum Gasteiger partial charge on any atom is -0.496 e. The number of rotatable bonds is 6. The number of para-hydroxylation sites is 1. The quantitative estimate of drug-likeness (QED) is 0.476. The maximum atomic E-state index is 13.2. The van der Waals surface area contributed by atoms with Gasteiger partial charge < -0.3 is 19.7 Å². The molecule has 3 aromatic carbocycles. The summed E-state index contributed by atoms with van der Waals surface area (Å²) in [6.45, 7) is 1.90. The van der Waals surface area contributed by atoms with E-state index in [1.165, 1.54) is 18.1 Å². The van der Waals surface area contributed by atoms with Gasteiger partial charge in [0, 0.05) is 24.3 Å². The van der Waals surface area contributed by atoms with E-state index in [-0.39, 0.29) is 24.9 Å². The smallest absolute Gasteiger partial charge is 0.416 e. The molecule has 188 valence electrons. The number of methoxy groups -OCH3 is 1. The molecule has 0 spiro atoms. The first-order valence-electron chi connectivity index (χ1n) is 11.4. The first kappa shape index (κ1) is 25.1. The molecule has 0 fully saturated rings. The van der Waals surface area contributed by atoms with Crippen LogP contribution >= 0.6 is 0 Å². The second kappa shape index (κ2) is 10.3. The molecule has 0 saturated heterocycles. The predicted molar refractivity (Wildman–Crippen MR) is 128 cm³/mol. The first-order valence-corrected chi connectivity index (χ1v) is 11.4. The summed E-state index contributed by atoms with van der Waals surface area (Å²) >= 11 is 0. The zero-order chi connectivity index (χ0) is 25.9. The fourth-order valence-corrected chi connectivity index (χ4v) is 4.08. The topological polar surface area (TPSA) is 67.9 Å². The number of benzene rings is 3. The minimum atomic E-state index is -4.48. The fourth-order valence-electron chi connectivity index (χ4n) is 4.08. The van der Waals surface area contributed by atoms with E-state index >= 15 is 0 Å². The van der Waals surface area contributed by atoms with Crippen molar-refractivity contribution >= 4 is 17.5 Å². The van der Waals surface area contributed by atoms with Crippen LogP contribution in [-0.2, 0) is 24.1 Å². The number of ether oxygens (including phenoxy) is 2. The van der Waals surface area contributed by atoms with E-state index in [9.17, 15) is 22.8 Å². The number of hydrogen-bond acceptors (Lipinski definition) is 4. The van der Waals surface area contributed by atoms with Crippen LogP contribution in [0.4, 0.5) is 18.9 Å². The largest absolute Gasteiger partial charge is 0.496 e. The number of nitrogens with zero attached hydrogens (tertiary/aromatic N) is 1. The summed E-state index contributed by atoms with van der Waals surface area (Å²) < 4.78 is 50.7. The van der Waals surface area contributed by atoms with Crippen molar-refractivity contribution in [3.8, 4) is 11.5 Å². The lowest BCUT2D eigenvalue weighted by Crippen LogP contribution is -2.38. The Labute approximate surface area is 206 Å². The van der Waals surface area contributed by atoms with Gasteiger partial charge in [-0.1, -0.05) is 31.2 Å². The van der Waals surface area contributed by atoms with E-state index in [1.54, 1.807) is 55.5 Å². The molecule has 36 heavy (non-hydrogen) atoms. The number of halogens is 3. The lowest BCUT2D eigenvalue weighted by Gasteiger charge is -2.23. The van der Waals surface area contributed by atoms with Crippen molar-refractivity contribution in [3.05, 3.63) is 89.0 Å². The van der Waals surface area contributed by atoms with E-state index < -0.39 is 17.8 Å². The van der Waals surface area contributed by atoms with Gasteiger partial charge >= 0.3 is 6.18 Å². The zero-order valence-electron chi connectivity index (χ0n) is 19.8. The summed E-state index contributed by atoms with van der Waals surface area (Å²) in [5, 5.41) is 2.83. The summed E-state index contributed by atoms with van der Waals surface area (Å²) in [5.74, 6) is 0.227. The second-order valence-electron chi connectivity index (χ2n) is 8.38. The van der Waals surface area contributed by atoms with Crippen LogP contribution in [0, 0.1) is 0 Å². The van der Waals surface area contributed by atoms with Gasteiger partial charge in [0.1, 0.15) is 11.5 Å². The van der Waals surface area contributed by atoms with Crippen molar-refractivity contribution in [2.45, 2.75) is 38.7 Å². The Kier molecular flexibility index (Phi) is 7.19. The van der Waals surface area contributed by atoms with Gasteiger partial charge in [0.25, 0.3) is 11.8 Å². The predicted octanol–water partition coefficient (Wildman–Crippen LogP) is 5.67.